The van der Waals surface area contributed by atoms with E-state index < -0.39 is 0 Å². The number of hydrogen-bond acceptors (Lipinski definition) is 3. The molecule has 0 aliphatic heterocycles. The Morgan fingerprint density at radius 3 is 2.67 bits per heavy atom. The Morgan fingerprint density at radius 1 is 1.22 bits per heavy atom. The van der Waals surface area contributed by atoms with Crippen molar-refractivity contribution in [2.75, 3.05) is 11.1 Å². The van der Waals surface area contributed by atoms with Crippen LogP contribution in [0.5, 0.6) is 0 Å². The average molecular weight is 241 g/mol. The number of benzene rings is 1. The molecule has 0 aliphatic carbocycles. The third kappa shape index (κ3) is 2.66. The maximum Gasteiger partial charge on any atom is 0.257 e. The number of aryl methyl sites for hydroxylation is 2. The summed E-state index contributed by atoms with van der Waals surface area (Å²) in [6, 6.07) is 10.7. The van der Waals surface area contributed by atoms with E-state index in [1.54, 1.807) is 30.3 Å². The lowest BCUT2D eigenvalue weighted by Crippen LogP contribution is -2.14. The zero-order chi connectivity index (χ0) is 13.1. The van der Waals surface area contributed by atoms with E-state index >= 15 is 0 Å². The van der Waals surface area contributed by atoms with Gasteiger partial charge in [0.05, 0.1) is 11.3 Å². The fraction of sp³-hybridized carbons (Fsp3) is 0.143. The molecule has 0 spiro atoms. The molecule has 0 saturated heterocycles. The van der Waals surface area contributed by atoms with Gasteiger partial charge >= 0.3 is 0 Å². The molecule has 0 radical (unpaired) electrons. The van der Waals surface area contributed by atoms with Crippen molar-refractivity contribution >= 4 is 17.3 Å². The number of carbonyl (C=O) groups excluding carboxylic acids is 1. The van der Waals surface area contributed by atoms with E-state index in [2.05, 4.69) is 10.3 Å². The first-order valence-corrected chi connectivity index (χ1v) is 5.67. The first kappa shape index (κ1) is 12.1. The van der Waals surface area contributed by atoms with Crippen molar-refractivity contribution in [3.8, 4) is 0 Å². The average Bonchev–Trinajstić information content (AvgIpc) is 2.28. The summed E-state index contributed by atoms with van der Waals surface area (Å²) in [5, 5.41) is 2.80. The molecule has 0 bridgehead atoms. The zero-order valence-corrected chi connectivity index (χ0v) is 10.4. The number of aromatic nitrogens is 1. The number of hydrogen-bond donors (Lipinski definition) is 2. The summed E-state index contributed by atoms with van der Waals surface area (Å²) in [7, 11) is 0. The van der Waals surface area contributed by atoms with Crippen molar-refractivity contribution in [3.05, 3.63) is 53.3 Å². The van der Waals surface area contributed by atoms with Gasteiger partial charge in [0.25, 0.3) is 5.91 Å². The van der Waals surface area contributed by atoms with Crippen LogP contribution in [0.3, 0.4) is 0 Å². The molecular formula is C14H15N3O. The maximum atomic E-state index is 12.1. The van der Waals surface area contributed by atoms with Crippen LogP contribution in [0, 0.1) is 13.8 Å². The highest BCUT2D eigenvalue weighted by Gasteiger charge is 2.10. The fourth-order valence-corrected chi connectivity index (χ4v) is 1.74. The first-order chi connectivity index (χ1) is 8.56. The quantitative estimate of drug-likeness (QED) is 0.794. The molecule has 0 fully saturated rings. The lowest BCUT2D eigenvalue weighted by molar-refractivity contribution is 0.102. The Labute approximate surface area is 106 Å². The van der Waals surface area contributed by atoms with Gasteiger partial charge in [-0.05, 0) is 44.2 Å². The Morgan fingerprint density at radius 2 is 2.00 bits per heavy atom. The summed E-state index contributed by atoms with van der Waals surface area (Å²) in [4.78, 5) is 16.3. The van der Waals surface area contributed by atoms with Crippen molar-refractivity contribution in [2.45, 2.75) is 13.8 Å². The Kier molecular flexibility index (Phi) is 3.28. The van der Waals surface area contributed by atoms with Crippen molar-refractivity contribution in [1.29, 1.82) is 0 Å². The minimum atomic E-state index is -0.175. The number of amides is 1. The molecule has 18 heavy (non-hydrogen) atoms. The largest absolute Gasteiger partial charge is 0.399 e. The van der Waals surface area contributed by atoms with Crippen LogP contribution in [0.1, 0.15) is 21.7 Å². The standard InChI is InChI=1S/C14H15N3O/c1-9-6-7-13(10(2)16-9)14(18)17-12-5-3-4-11(15)8-12/h3-8H,15H2,1-2H3,(H,17,18). The molecule has 1 aromatic heterocycles. The van der Waals surface area contributed by atoms with E-state index in [0.717, 1.165) is 11.4 Å². The van der Waals surface area contributed by atoms with Crippen LogP contribution in [-0.2, 0) is 0 Å². The van der Waals surface area contributed by atoms with Crippen LogP contribution >= 0.6 is 0 Å². The second-order valence-electron chi connectivity index (χ2n) is 4.17. The van der Waals surface area contributed by atoms with Gasteiger partial charge in [0, 0.05) is 17.1 Å². The third-order valence-corrected chi connectivity index (χ3v) is 2.61. The number of nitrogen functional groups attached to an aromatic ring is 1. The highest BCUT2D eigenvalue weighted by atomic mass is 16.1. The normalized spacial score (nSPS) is 10.1. The number of pyridine rings is 1. The number of nitrogens with zero attached hydrogens (tertiary/aromatic N) is 1. The topological polar surface area (TPSA) is 68.0 Å². The molecule has 2 aromatic rings. The van der Waals surface area contributed by atoms with Crippen LogP contribution in [0.4, 0.5) is 11.4 Å². The first-order valence-electron chi connectivity index (χ1n) is 5.67. The van der Waals surface area contributed by atoms with Crippen LogP contribution < -0.4 is 11.1 Å². The monoisotopic (exact) mass is 241 g/mol. The Hall–Kier alpha value is -2.36. The van der Waals surface area contributed by atoms with E-state index in [1.807, 2.05) is 19.9 Å². The number of anilines is 2. The van der Waals surface area contributed by atoms with Gasteiger partial charge < -0.3 is 11.1 Å². The second kappa shape index (κ2) is 4.87. The molecular weight excluding hydrogens is 226 g/mol. The van der Waals surface area contributed by atoms with Crippen molar-refractivity contribution < 1.29 is 4.79 Å². The number of nitrogens with two attached hydrogens (primary N) is 1. The zero-order valence-electron chi connectivity index (χ0n) is 10.4. The molecule has 0 unspecified atom stereocenters. The molecule has 4 heteroatoms. The summed E-state index contributed by atoms with van der Waals surface area (Å²) in [5.74, 6) is -0.175. The third-order valence-electron chi connectivity index (χ3n) is 2.61. The summed E-state index contributed by atoms with van der Waals surface area (Å²) in [6.07, 6.45) is 0. The maximum absolute atomic E-state index is 12.1. The molecule has 1 aromatic carbocycles. The lowest BCUT2D eigenvalue weighted by Gasteiger charge is -2.08. The van der Waals surface area contributed by atoms with Crippen LogP contribution in [0.25, 0.3) is 0 Å². The molecule has 1 heterocycles. The van der Waals surface area contributed by atoms with Gasteiger partial charge in [0.15, 0.2) is 0 Å². The van der Waals surface area contributed by atoms with E-state index in [1.165, 1.54) is 0 Å². The molecule has 3 N–H and O–H groups in total. The van der Waals surface area contributed by atoms with Gasteiger partial charge in [-0.2, -0.15) is 0 Å². The molecule has 1 amide bonds. The fourth-order valence-electron chi connectivity index (χ4n) is 1.74. The number of rotatable bonds is 2. The number of nitrogens with one attached hydrogen (secondary N) is 1. The summed E-state index contributed by atoms with van der Waals surface area (Å²) < 4.78 is 0. The van der Waals surface area contributed by atoms with Gasteiger partial charge in [0.1, 0.15) is 0 Å². The van der Waals surface area contributed by atoms with Gasteiger partial charge in [-0.1, -0.05) is 6.07 Å². The van der Waals surface area contributed by atoms with E-state index in [9.17, 15) is 4.79 Å². The van der Waals surface area contributed by atoms with Crippen molar-refractivity contribution in [1.82, 2.24) is 4.98 Å². The van der Waals surface area contributed by atoms with Gasteiger partial charge in [0.2, 0.25) is 0 Å². The van der Waals surface area contributed by atoms with Crippen molar-refractivity contribution in [2.24, 2.45) is 0 Å². The molecule has 92 valence electrons. The molecule has 0 atom stereocenters. The number of carbonyl (C=O) groups is 1. The summed E-state index contributed by atoms with van der Waals surface area (Å²) in [5.41, 5.74) is 9.14. The van der Waals surface area contributed by atoms with Gasteiger partial charge in [-0.25, -0.2) is 0 Å². The van der Waals surface area contributed by atoms with Crippen LogP contribution in [0.2, 0.25) is 0 Å². The van der Waals surface area contributed by atoms with E-state index in [4.69, 9.17) is 5.73 Å². The van der Waals surface area contributed by atoms with E-state index in [-0.39, 0.29) is 5.91 Å². The smallest absolute Gasteiger partial charge is 0.257 e. The Balaban J connectivity index is 2.22. The van der Waals surface area contributed by atoms with Gasteiger partial charge in [-0.3, -0.25) is 9.78 Å². The van der Waals surface area contributed by atoms with Crippen molar-refractivity contribution in [3.63, 3.8) is 0 Å². The minimum Gasteiger partial charge on any atom is -0.399 e. The van der Waals surface area contributed by atoms with Gasteiger partial charge in [-0.15, -0.1) is 0 Å². The summed E-state index contributed by atoms with van der Waals surface area (Å²) >= 11 is 0. The molecule has 0 saturated carbocycles. The van der Waals surface area contributed by atoms with E-state index in [0.29, 0.717) is 16.9 Å². The second-order valence-corrected chi connectivity index (χ2v) is 4.17. The predicted octanol–water partition coefficient (Wildman–Crippen LogP) is 2.53. The predicted molar refractivity (Wildman–Crippen MR) is 72.5 cm³/mol. The molecule has 4 nitrogen and oxygen atoms in total. The highest BCUT2D eigenvalue weighted by Crippen LogP contribution is 2.14. The Bertz CT molecular complexity index is 593. The molecule has 0 aliphatic rings. The summed E-state index contributed by atoms with van der Waals surface area (Å²) in [6.45, 7) is 3.72. The minimum absolute atomic E-state index is 0.175. The van der Waals surface area contributed by atoms with Crippen LogP contribution in [-0.4, -0.2) is 10.9 Å². The van der Waals surface area contributed by atoms with Crippen LogP contribution in [0.15, 0.2) is 36.4 Å². The lowest BCUT2D eigenvalue weighted by atomic mass is 10.1. The highest BCUT2D eigenvalue weighted by molar-refractivity contribution is 6.05. The molecule has 2 rings (SSSR count). The SMILES string of the molecule is Cc1ccc(C(=O)Nc2cccc(N)c2)c(C)n1.